The Bertz CT molecular complexity index is 831. The third-order valence-electron chi connectivity index (χ3n) is 3.46. The van der Waals surface area contributed by atoms with Crippen LogP contribution in [-0.4, -0.2) is 24.1 Å². The number of fused-ring (bicyclic) bond motifs is 1. The van der Waals surface area contributed by atoms with E-state index in [4.69, 9.17) is 0 Å². The molecule has 4 nitrogen and oxygen atoms in total. The summed E-state index contributed by atoms with van der Waals surface area (Å²) in [4.78, 5) is 23.7. The Kier molecular flexibility index (Phi) is 3.51. The number of hydrogen-bond acceptors (Lipinski definition) is 4. The summed E-state index contributed by atoms with van der Waals surface area (Å²) in [6.45, 7) is 2.08. The minimum atomic E-state index is -0.0670. The predicted octanol–water partition coefficient (Wildman–Crippen LogP) is 3.28. The van der Waals surface area contributed by atoms with E-state index in [9.17, 15) is 4.79 Å². The van der Waals surface area contributed by atoms with Crippen molar-refractivity contribution in [1.29, 1.82) is 0 Å². The molecule has 1 N–H and O–H groups in total. The maximum Gasteiger partial charge on any atom is 0.259 e. The number of nitrogens with zero attached hydrogens (tertiary/aromatic N) is 2. The molecule has 0 radical (unpaired) electrons. The molecule has 0 saturated heterocycles. The molecule has 0 aliphatic rings. The maximum absolute atomic E-state index is 12.2. The number of rotatable bonds is 3. The van der Waals surface area contributed by atoms with Gasteiger partial charge < -0.3 is 9.88 Å². The highest BCUT2D eigenvalue weighted by molar-refractivity contribution is 7.18. The van der Waals surface area contributed by atoms with Gasteiger partial charge in [-0.2, -0.15) is 0 Å². The molecule has 2 heterocycles. The van der Waals surface area contributed by atoms with Crippen LogP contribution in [0.2, 0.25) is 0 Å². The van der Waals surface area contributed by atoms with Crippen LogP contribution in [0, 0.1) is 0 Å². The quantitative estimate of drug-likeness (QED) is 0.807. The summed E-state index contributed by atoms with van der Waals surface area (Å²) in [5, 5.41) is 0.686. The number of anilines is 1. The molecule has 108 valence electrons. The van der Waals surface area contributed by atoms with Gasteiger partial charge in [-0.1, -0.05) is 6.92 Å². The Hall–Kier alpha value is -2.14. The van der Waals surface area contributed by atoms with Crippen molar-refractivity contribution in [2.24, 2.45) is 0 Å². The van der Waals surface area contributed by atoms with E-state index in [0.29, 0.717) is 11.2 Å². The third kappa shape index (κ3) is 2.56. The second-order valence-corrected chi connectivity index (χ2v) is 6.26. The van der Waals surface area contributed by atoms with Gasteiger partial charge in [-0.3, -0.25) is 4.79 Å². The largest absolute Gasteiger partial charge is 0.378 e. The number of aryl methyl sites for hydroxylation is 1. The van der Waals surface area contributed by atoms with Crippen molar-refractivity contribution >= 4 is 27.2 Å². The fraction of sp³-hybridized carbons (Fsp3) is 0.250. The maximum atomic E-state index is 12.2. The number of benzene rings is 1. The summed E-state index contributed by atoms with van der Waals surface area (Å²) in [5.41, 5.74) is 1.97. The van der Waals surface area contributed by atoms with Crippen LogP contribution in [0.1, 0.15) is 11.8 Å². The lowest BCUT2D eigenvalue weighted by Crippen LogP contribution is -2.09. The Balaban J connectivity index is 2.09. The molecule has 0 bridgehead atoms. The second kappa shape index (κ2) is 5.33. The summed E-state index contributed by atoms with van der Waals surface area (Å²) in [7, 11) is 4.00. The van der Waals surface area contributed by atoms with Crippen LogP contribution in [0.5, 0.6) is 0 Å². The van der Waals surface area contributed by atoms with Gasteiger partial charge in [0.05, 0.1) is 5.39 Å². The van der Waals surface area contributed by atoms with E-state index in [1.807, 2.05) is 49.3 Å². The highest BCUT2D eigenvalue weighted by atomic mass is 32.1. The minimum absolute atomic E-state index is 0.0670. The molecule has 0 unspecified atom stereocenters. The van der Waals surface area contributed by atoms with Gasteiger partial charge in [0.1, 0.15) is 10.7 Å². The van der Waals surface area contributed by atoms with Gasteiger partial charge >= 0.3 is 0 Å². The zero-order chi connectivity index (χ0) is 15.0. The van der Waals surface area contributed by atoms with Crippen molar-refractivity contribution in [2.45, 2.75) is 13.3 Å². The SMILES string of the molecule is CCc1cc2c(=O)[nH]c(-c3ccc(N(C)C)cc3)nc2s1. The van der Waals surface area contributed by atoms with Crippen LogP contribution in [0.15, 0.2) is 35.1 Å². The normalized spacial score (nSPS) is 11.0. The van der Waals surface area contributed by atoms with Gasteiger partial charge in [0, 0.05) is 30.2 Å². The molecule has 0 atom stereocenters. The molecule has 0 fully saturated rings. The fourth-order valence-electron chi connectivity index (χ4n) is 2.21. The van der Waals surface area contributed by atoms with E-state index in [2.05, 4.69) is 16.9 Å². The Morgan fingerprint density at radius 2 is 1.95 bits per heavy atom. The lowest BCUT2D eigenvalue weighted by atomic mass is 10.2. The Labute approximate surface area is 127 Å². The molecule has 0 aliphatic carbocycles. The minimum Gasteiger partial charge on any atom is -0.378 e. The number of hydrogen-bond donors (Lipinski definition) is 1. The predicted molar refractivity (Wildman–Crippen MR) is 89.4 cm³/mol. The van der Waals surface area contributed by atoms with Gasteiger partial charge in [-0.15, -0.1) is 11.3 Å². The zero-order valence-electron chi connectivity index (χ0n) is 12.3. The molecule has 0 aliphatic heterocycles. The van der Waals surface area contributed by atoms with E-state index >= 15 is 0 Å². The first-order chi connectivity index (χ1) is 10.1. The van der Waals surface area contributed by atoms with E-state index in [1.165, 1.54) is 4.88 Å². The summed E-state index contributed by atoms with van der Waals surface area (Å²) >= 11 is 1.59. The smallest absolute Gasteiger partial charge is 0.259 e. The van der Waals surface area contributed by atoms with Crippen LogP contribution < -0.4 is 10.5 Å². The zero-order valence-corrected chi connectivity index (χ0v) is 13.1. The first kappa shape index (κ1) is 13.8. The topological polar surface area (TPSA) is 49.0 Å². The highest BCUT2D eigenvalue weighted by Gasteiger charge is 2.09. The summed E-state index contributed by atoms with van der Waals surface area (Å²) in [5.74, 6) is 0.627. The van der Waals surface area contributed by atoms with Crippen LogP contribution in [-0.2, 0) is 6.42 Å². The standard InChI is InChI=1S/C16H17N3OS/c1-4-12-9-13-15(20)17-14(18-16(13)21-12)10-5-7-11(8-6-10)19(2)3/h5-9H,4H2,1-3H3,(H,17,18,20). The third-order valence-corrected chi connectivity index (χ3v) is 4.63. The molecule has 0 amide bonds. The van der Waals surface area contributed by atoms with Crippen LogP contribution >= 0.6 is 11.3 Å². The van der Waals surface area contributed by atoms with Crippen molar-refractivity contribution < 1.29 is 0 Å². The lowest BCUT2D eigenvalue weighted by molar-refractivity contribution is 1.13. The average Bonchev–Trinajstić information content (AvgIpc) is 2.91. The van der Waals surface area contributed by atoms with E-state index in [0.717, 1.165) is 22.5 Å². The number of aromatic amines is 1. The van der Waals surface area contributed by atoms with Gasteiger partial charge in [0.15, 0.2) is 0 Å². The van der Waals surface area contributed by atoms with Crippen LogP contribution in [0.4, 0.5) is 5.69 Å². The Morgan fingerprint density at radius 3 is 2.57 bits per heavy atom. The van der Waals surface area contributed by atoms with E-state index < -0.39 is 0 Å². The molecule has 3 aromatic rings. The van der Waals surface area contributed by atoms with Crippen molar-refractivity contribution in [3.05, 3.63) is 45.6 Å². The molecule has 3 rings (SSSR count). The van der Waals surface area contributed by atoms with Crippen LogP contribution in [0.25, 0.3) is 21.6 Å². The van der Waals surface area contributed by atoms with Gasteiger partial charge in [-0.25, -0.2) is 4.98 Å². The molecule has 21 heavy (non-hydrogen) atoms. The highest BCUT2D eigenvalue weighted by Crippen LogP contribution is 2.24. The first-order valence-electron chi connectivity index (χ1n) is 6.89. The molecule has 1 aromatic carbocycles. The Morgan fingerprint density at radius 1 is 1.24 bits per heavy atom. The molecule has 0 saturated carbocycles. The summed E-state index contributed by atoms with van der Waals surface area (Å²) in [6, 6.07) is 9.93. The van der Waals surface area contributed by atoms with Crippen LogP contribution in [0.3, 0.4) is 0 Å². The van der Waals surface area contributed by atoms with Gasteiger partial charge in [0.2, 0.25) is 0 Å². The first-order valence-corrected chi connectivity index (χ1v) is 7.70. The van der Waals surface area contributed by atoms with Gasteiger partial charge in [0.25, 0.3) is 5.56 Å². The summed E-state index contributed by atoms with van der Waals surface area (Å²) in [6.07, 6.45) is 0.924. The monoisotopic (exact) mass is 299 g/mol. The second-order valence-electron chi connectivity index (χ2n) is 5.14. The molecular formula is C16H17N3OS. The molecule has 5 heteroatoms. The van der Waals surface area contributed by atoms with Gasteiger partial charge in [-0.05, 0) is 36.8 Å². The van der Waals surface area contributed by atoms with Crippen molar-refractivity contribution in [1.82, 2.24) is 9.97 Å². The fourth-order valence-corrected chi connectivity index (χ4v) is 3.18. The number of nitrogens with one attached hydrogen (secondary N) is 1. The molecular weight excluding hydrogens is 282 g/mol. The average molecular weight is 299 g/mol. The van der Waals surface area contributed by atoms with Crippen molar-refractivity contribution in [3.63, 3.8) is 0 Å². The number of H-pyrrole nitrogens is 1. The summed E-state index contributed by atoms with van der Waals surface area (Å²) < 4.78 is 0. The van der Waals surface area contributed by atoms with E-state index in [-0.39, 0.29) is 5.56 Å². The van der Waals surface area contributed by atoms with Crippen molar-refractivity contribution in [3.8, 4) is 11.4 Å². The molecule has 0 spiro atoms. The van der Waals surface area contributed by atoms with E-state index in [1.54, 1.807) is 11.3 Å². The number of thiophene rings is 1. The number of aromatic nitrogens is 2. The van der Waals surface area contributed by atoms with Crippen molar-refractivity contribution in [2.75, 3.05) is 19.0 Å². The lowest BCUT2D eigenvalue weighted by Gasteiger charge is -2.12. The molecule has 2 aromatic heterocycles.